The molecule has 4 heteroatoms. The summed E-state index contributed by atoms with van der Waals surface area (Å²) in [5, 5.41) is 1.12. The van der Waals surface area contributed by atoms with E-state index in [1.165, 1.54) is 0 Å². The molecule has 0 unspecified atom stereocenters. The highest BCUT2D eigenvalue weighted by Gasteiger charge is 2.03. The van der Waals surface area contributed by atoms with Gasteiger partial charge in [0.25, 0.3) is 0 Å². The van der Waals surface area contributed by atoms with E-state index in [-0.39, 0.29) is 0 Å². The van der Waals surface area contributed by atoms with Gasteiger partial charge in [-0.2, -0.15) is 0 Å². The molecule has 0 saturated carbocycles. The Balaban J connectivity index is 2.26. The highest BCUT2D eigenvalue weighted by molar-refractivity contribution is 7.80. The van der Waals surface area contributed by atoms with Crippen molar-refractivity contribution in [2.24, 2.45) is 0 Å². The largest absolute Gasteiger partial charge is 0.456 e. The topological polar surface area (TPSA) is 9.23 Å². The van der Waals surface area contributed by atoms with Gasteiger partial charge in [-0.3, -0.25) is 0 Å². The van der Waals surface area contributed by atoms with Gasteiger partial charge in [0, 0.05) is 16.0 Å². The third-order valence-corrected chi connectivity index (χ3v) is 2.80. The van der Waals surface area contributed by atoms with Crippen molar-refractivity contribution in [2.75, 3.05) is 0 Å². The molecule has 2 aromatic carbocycles. The average Bonchev–Trinajstić information content (AvgIpc) is 2.27. The summed E-state index contributed by atoms with van der Waals surface area (Å²) >= 11 is 16.0. The van der Waals surface area contributed by atoms with Crippen LogP contribution in [0.4, 0.5) is 0 Å². The van der Waals surface area contributed by atoms with Gasteiger partial charge in [0.1, 0.15) is 11.5 Å². The maximum absolute atomic E-state index is 5.98. The van der Waals surface area contributed by atoms with Crippen LogP contribution in [0.15, 0.2) is 47.4 Å². The molecule has 16 heavy (non-hydrogen) atoms. The van der Waals surface area contributed by atoms with Crippen LogP contribution in [0, 0.1) is 0 Å². The van der Waals surface area contributed by atoms with E-state index in [1.807, 2.05) is 24.3 Å². The van der Waals surface area contributed by atoms with Gasteiger partial charge >= 0.3 is 0 Å². The van der Waals surface area contributed by atoms with Gasteiger partial charge in [-0.15, -0.1) is 12.6 Å². The Kier molecular flexibility index (Phi) is 3.64. The van der Waals surface area contributed by atoms with E-state index in [9.17, 15) is 0 Å². The van der Waals surface area contributed by atoms with Gasteiger partial charge in [0.05, 0.1) is 5.02 Å². The van der Waals surface area contributed by atoms with Crippen molar-refractivity contribution in [3.63, 3.8) is 0 Å². The number of hydrogen-bond acceptors (Lipinski definition) is 2. The van der Waals surface area contributed by atoms with Crippen molar-refractivity contribution in [3.05, 3.63) is 52.5 Å². The zero-order valence-corrected chi connectivity index (χ0v) is 10.6. The Morgan fingerprint density at radius 1 is 0.938 bits per heavy atom. The third kappa shape index (κ3) is 2.85. The molecule has 2 aromatic rings. The lowest BCUT2D eigenvalue weighted by molar-refractivity contribution is 0.482. The molecular formula is C12H8Cl2OS. The van der Waals surface area contributed by atoms with Crippen LogP contribution in [0.1, 0.15) is 0 Å². The van der Waals surface area contributed by atoms with Crippen LogP contribution in [-0.2, 0) is 0 Å². The van der Waals surface area contributed by atoms with Gasteiger partial charge in [-0.25, -0.2) is 0 Å². The minimum atomic E-state index is 0.527. The lowest BCUT2D eigenvalue weighted by Gasteiger charge is -2.07. The van der Waals surface area contributed by atoms with Crippen LogP contribution in [0.5, 0.6) is 11.5 Å². The first-order valence-corrected chi connectivity index (χ1v) is 5.77. The Bertz CT molecular complexity index is 497. The van der Waals surface area contributed by atoms with E-state index in [1.54, 1.807) is 18.2 Å². The van der Waals surface area contributed by atoms with Crippen LogP contribution in [-0.4, -0.2) is 0 Å². The van der Waals surface area contributed by atoms with Crippen molar-refractivity contribution in [1.82, 2.24) is 0 Å². The number of thiol groups is 1. The molecule has 82 valence electrons. The molecule has 0 spiro atoms. The van der Waals surface area contributed by atoms with Crippen LogP contribution < -0.4 is 4.74 Å². The lowest BCUT2D eigenvalue weighted by atomic mass is 10.3. The first kappa shape index (κ1) is 11.6. The number of benzene rings is 2. The van der Waals surface area contributed by atoms with Crippen molar-refractivity contribution in [2.45, 2.75) is 4.90 Å². The Labute approximate surface area is 109 Å². The molecule has 0 radical (unpaired) electrons. The smallest absolute Gasteiger partial charge is 0.147 e. The van der Waals surface area contributed by atoms with E-state index in [0.717, 1.165) is 4.90 Å². The van der Waals surface area contributed by atoms with Crippen molar-refractivity contribution < 1.29 is 4.74 Å². The summed E-state index contributed by atoms with van der Waals surface area (Å²) in [7, 11) is 0. The Morgan fingerprint density at radius 2 is 1.62 bits per heavy atom. The van der Waals surface area contributed by atoms with Crippen LogP contribution in [0.25, 0.3) is 0 Å². The van der Waals surface area contributed by atoms with Gasteiger partial charge in [-0.1, -0.05) is 23.2 Å². The molecule has 0 aliphatic carbocycles. The number of ether oxygens (including phenoxy) is 1. The predicted molar refractivity (Wildman–Crippen MR) is 70.2 cm³/mol. The standard InChI is InChI=1S/C12H8Cl2OS/c13-8-1-6-11(14)12(7-8)15-9-2-4-10(16)5-3-9/h1-7,16H. The maximum Gasteiger partial charge on any atom is 0.147 e. The van der Waals surface area contributed by atoms with E-state index < -0.39 is 0 Å². The fourth-order valence-corrected chi connectivity index (χ4v) is 1.66. The molecule has 0 N–H and O–H groups in total. The summed E-state index contributed by atoms with van der Waals surface area (Å²) in [5.41, 5.74) is 0. The quantitative estimate of drug-likeness (QED) is 0.750. The molecule has 0 bridgehead atoms. The third-order valence-electron chi connectivity index (χ3n) is 1.96. The molecule has 0 fully saturated rings. The molecule has 0 amide bonds. The average molecular weight is 271 g/mol. The minimum absolute atomic E-state index is 0.527. The van der Waals surface area contributed by atoms with Crippen molar-refractivity contribution in [3.8, 4) is 11.5 Å². The van der Waals surface area contributed by atoms with Crippen molar-refractivity contribution in [1.29, 1.82) is 0 Å². The van der Waals surface area contributed by atoms with Gasteiger partial charge in [0.15, 0.2) is 0 Å². The lowest BCUT2D eigenvalue weighted by Crippen LogP contribution is -1.84. The van der Waals surface area contributed by atoms with Crippen LogP contribution >= 0.6 is 35.8 Å². The number of halogens is 2. The second kappa shape index (κ2) is 5.00. The van der Waals surface area contributed by atoms with Crippen LogP contribution in [0.3, 0.4) is 0 Å². The summed E-state index contributed by atoms with van der Waals surface area (Å²) in [6.07, 6.45) is 0. The molecule has 0 aliphatic rings. The maximum atomic E-state index is 5.98. The second-order valence-electron chi connectivity index (χ2n) is 3.17. The molecule has 1 nitrogen and oxygen atoms in total. The van der Waals surface area contributed by atoms with Crippen LogP contribution in [0.2, 0.25) is 10.0 Å². The number of hydrogen-bond donors (Lipinski definition) is 1. The summed E-state index contributed by atoms with van der Waals surface area (Å²) < 4.78 is 5.59. The zero-order valence-electron chi connectivity index (χ0n) is 8.15. The summed E-state index contributed by atoms with van der Waals surface area (Å²) in [5.74, 6) is 1.24. The highest BCUT2D eigenvalue weighted by Crippen LogP contribution is 2.31. The predicted octanol–water partition coefficient (Wildman–Crippen LogP) is 5.07. The fourth-order valence-electron chi connectivity index (χ4n) is 1.20. The second-order valence-corrected chi connectivity index (χ2v) is 4.53. The molecule has 0 atom stereocenters. The van der Waals surface area contributed by atoms with Crippen molar-refractivity contribution >= 4 is 35.8 Å². The summed E-state index contributed by atoms with van der Waals surface area (Å²) in [6, 6.07) is 12.4. The number of rotatable bonds is 2. The van der Waals surface area contributed by atoms with E-state index in [2.05, 4.69) is 12.6 Å². The summed E-state index contributed by atoms with van der Waals surface area (Å²) in [4.78, 5) is 0.879. The monoisotopic (exact) mass is 270 g/mol. The molecule has 2 rings (SSSR count). The highest BCUT2D eigenvalue weighted by atomic mass is 35.5. The van der Waals surface area contributed by atoms with E-state index >= 15 is 0 Å². The Morgan fingerprint density at radius 3 is 2.31 bits per heavy atom. The fraction of sp³-hybridized carbons (Fsp3) is 0. The van der Waals surface area contributed by atoms with Gasteiger partial charge in [0.2, 0.25) is 0 Å². The molecule has 0 aliphatic heterocycles. The van der Waals surface area contributed by atoms with Gasteiger partial charge < -0.3 is 4.74 Å². The zero-order chi connectivity index (χ0) is 11.5. The molecule has 0 aromatic heterocycles. The first-order chi connectivity index (χ1) is 7.65. The SMILES string of the molecule is Sc1ccc(Oc2cc(Cl)ccc2Cl)cc1. The molecular weight excluding hydrogens is 263 g/mol. The van der Waals surface area contributed by atoms with E-state index in [0.29, 0.717) is 21.5 Å². The Hall–Kier alpha value is -0.830. The summed E-state index contributed by atoms with van der Waals surface area (Å²) in [6.45, 7) is 0. The minimum Gasteiger partial charge on any atom is -0.456 e. The molecule has 0 heterocycles. The first-order valence-electron chi connectivity index (χ1n) is 4.57. The van der Waals surface area contributed by atoms with E-state index in [4.69, 9.17) is 27.9 Å². The molecule has 0 saturated heterocycles. The van der Waals surface area contributed by atoms with Gasteiger partial charge in [-0.05, 0) is 36.4 Å². The normalized spacial score (nSPS) is 10.2.